The SMILES string of the molecule is CC(C)C(C)N1CCOCC1CC(=O)O. The van der Waals surface area contributed by atoms with Crippen LogP contribution in [0.4, 0.5) is 0 Å². The van der Waals surface area contributed by atoms with Crippen LogP contribution in [0, 0.1) is 5.92 Å². The summed E-state index contributed by atoms with van der Waals surface area (Å²) in [5, 5.41) is 8.82. The molecule has 1 fully saturated rings. The van der Waals surface area contributed by atoms with E-state index in [4.69, 9.17) is 9.84 Å². The van der Waals surface area contributed by atoms with Crippen LogP contribution in [0.2, 0.25) is 0 Å². The van der Waals surface area contributed by atoms with Crippen molar-refractivity contribution in [3.8, 4) is 0 Å². The van der Waals surface area contributed by atoms with E-state index in [0.717, 1.165) is 6.54 Å². The Hall–Kier alpha value is -0.610. The fraction of sp³-hybridized carbons (Fsp3) is 0.909. The molecule has 88 valence electrons. The summed E-state index contributed by atoms with van der Waals surface area (Å²) in [5.41, 5.74) is 0. The Morgan fingerprint density at radius 1 is 1.53 bits per heavy atom. The summed E-state index contributed by atoms with van der Waals surface area (Å²) < 4.78 is 5.34. The van der Waals surface area contributed by atoms with Gasteiger partial charge in [-0.05, 0) is 12.8 Å². The minimum atomic E-state index is -0.744. The lowest BCUT2D eigenvalue weighted by Crippen LogP contribution is -2.52. The molecule has 2 atom stereocenters. The fourth-order valence-electron chi connectivity index (χ4n) is 1.96. The van der Waals surface area contributed by atoms with E-state index in [-0.39, 0.29) is 12.5 Å². The van der Waals surface area contributed by atoms with Crippen molar-refractivity contribution >= 4 is 5.97 Å². The molecule has 0 aromatic heterocycles. The predicted molar refractivity (Wildman–Crippen MR) is 57.9 cm³/mol. The molecule has 0 spiro atoms. The van der Waals surface area contributed by atoms with Gasteiger partial charge in [0.15, 0.2) is 0 Å². The van der Waals surface area contributed by atoms with E-state index in [9.17, 15) is 4.79 Å². The van der Waals surface area contributed by atoms with Crippen LogP contribution >= 0.6 is 0 Å². The van der Waals surface area contributed by atoms with Crippen molar-refractivity contribution in [2.75, 3.05) is 19.8 Å². The minimum absolute atomic E-state index is 0.0358. The van der Waals surface area contributed by atoms with Crippen LogP contribution in [-0.2, 0) is 9.53 Å². The Bertz CT molecular complexity index is 218. The summed E-state index contributed by atoms with van der Waals surface area (Å²) in [4.78, 5) is 13.0. The minimum Gasteiger partial charge on any atom is -0.481 e. The molecule has 2 unspecified atom stereocenters. The molecule has 0 radical (unpaired) electrons. The van der Waals surface area contributed by atoms with Crippen LogP contribution in [0.3, 0.4) is 0 Å². The van der Waals surface area contributed by atoms with Crippen LogP contribution in [0.15, 0.2) is 0 Å². The van der Waals surface area contributed by atoms with Crippen LogP contribution in [0.1, 0.15) is 27.2 Å². The number of rotatable bonds is 4. The highest BCUT2D eigenvalue weighted by Crippen LogP contribution is 2.18. The van der Waals surface area contributed by atoms with E-state index < -0.39 is 5.97 Å². The molecule has 0 amide bonds. The lowest BCUT2D eigenvalue weighted by molar-refractivity contribution is -0.141. The highest BCUT2D eigenvalue weighted by atomic mass is 16.5. The monoisotopic (exact) mass is 215 g/mol. The second kappa shape index (κ2) is 5.47. The first-order valence-electron chi connectivity index (χ1n) is 5.57. The van der Waals surface area contributed by atoms with Gasteiger partial charge in [-0.3, -0.25) is 9.69 Å². The summed E-state index contributed by atoms with van der Waals surface area (Å²) in [7, 11) is 0. The smallest absolute Gasteiger partial charge is 0.305 e. The van der Waals surface area contributed by atoms with E-state index >= 15 is 0 Å². The zero-order valence-electron chi connectivity index (χ0n) is 9.77. The van der Waals surface area contributed by atoms with E-state index in [0.29, 0.717) is 25.2 Å². The summed E-state index contributed by atoms with van der Waals surface area (Å²) in [6.45, 7) is 8.59. The van der Waals surface area contributed by atoms with Gasteiger partial charge in [0.2, 0.25) is 0 Å². The van der Waals surface area contributed by atoms with E-state index in [1.165, 1.54) is 0 Å². The maximum Gasteiger partial charge on any atom is 0.305 e. The number of carboxylic acid groups (broad SMARTS) is 1. The molecule has 1 heterocycles. The summed E-state index contributed by atoms with van der Waals surface area (Å²) in [6.07, 6.45) is 0.178. The van der Waals surface area contributed by atoms with Gasteiger partial charge in [-0.2, -0.15) is 0 Å². The van der Waals surface area contributed by atoms with Gasteiger partial charge in [-0.25, -0.2) is 0 Å². The zero-order chi connectivity index (χ0) is 11.4. The topological polar surface area (TPSA) is 49.8 Å². The van der Waals surface area contributed by atoms with Gasteiger partial charge in [0.1, 0.15) is 0 Å². The number of hydrogen-bond donors (Lipinski definition) is 1. The largest absolute Gasteiger partial charge is 0.481 e. The van der Waals surface area contributed by atoms with E-state index in [1.807, 2.05) is 0 Å². The first kappa shape index (κ1) is 12.5. The van der Waals surface area contributed by atoms with Crippen molar-refractivity contribution in [1.29, 1.82) is 0 Å². The summed E-state index contributed by atoms with van der Waals surface area (Å²) >= 11 is 0. The molecule has 1 aliphatic rings. The molecule has 1 rings (SSSR count). The molecule has 0 aromatic rings. The van der Waals surface area contributed by atoms with Gasteiger partial charge >= 0.3 is 5.97 Å². The average molecular weight is 215 g/mol. The molecular weight excluding hydrogens is 194 g/mol. The number of morpholine rings is 1. The Balaban J connectivity index is 2.60. The van der Waals surface area contributed by atoms with Crippen LogP contribution in [0.25, 0.3) is 0 Å². The number of nitrogens with zero attached hydrogens (tertiary/aromatic N) is 1. The quantitative estimate of drug-likeness (QED) is 0.765. The molecular formula is C11H21NO3. The average Bonchev–Trinajstić information content (AvgIpc) is 2.16. The second-order valence-electron chi connectivity index (χ2n) is 4.55. The van der Waals surface area contributed by atoms with Crippen molar-refractivity contribution < 1.29 is 14.6 Å². The van der Waals surface area contributed by atoms with Gasteiger partial charge < -0.3 is 9.84 Å². The summed E-state index contributed by atoms with van der Waals surface area (Å²) in [6, 6.07) is 0.451. The molecule has 1 N–H and O–H groups in total. The van der Waals surface area contributed by atoms with Gasteiger partial charge in [0.25, 0.3) is 0 Å². The van der Waals surface area contributed by atoms with Crippen LogP contribution in [-0.4, -0.2) is 47.8 Å². The number of hydrogen-bond acceptors (Lipinski definition) is 3. The van der Waals surface area contributed by atoms with Gasteiger partial charge in [0.05, 0.1) is 19.6 Å². The molecule has 1 aliphatic heterocycles. The molecule has 15 heavy (non-hydrogen) atoms. The first-order valence-corrected chi connectivity index (χ1v) is 5.57. The van der Waals surface area contributed by atoms with Crippen molar-refractivity contribution in [3.63, 3.8) is 0 Å². The van der Waals surface area contributed by atoms with Crippen molar-refractivity contribution in [2.24, 2.45) is 5.92 Å². The lowest BCUT2D eigenvalue weighted by atomic mass is 10.0. The number of aliphatic carboxylic acids is 1. The third-order valence-electron chi connectivity index (χ3n) is 3.17. The maximum absolute atomic E-state index is 10.7. The van der Waals surface area contributed by atoms with Gasteiger partial charge in [-0.15, -0.1) is 0 Å². The summed E-state index contributed by atoms with van der Waals surface area (Å²) in [5.74, 6) is -0.203. The Kier molecular flexibility index (Phi) is 4.54. The molecule has 0 aliphatic carbocycles. The van der Waals surface area contributed by atoms with Crippen molar-refractivity contribution in [1.82, 2.24) is 4.90 Å². The molecule has 0 saturated carbocycles. The Morgan fingerprint density at radius 2 is 2.20 bits per heavy atom. The maximum atomic E-state index is 10.7. The lowest BCUT2D eigenvalue weighted by Gasteiger charge is -2.40. The molecule has 4 heteroatoms. The Morgan fingerprint density at radius 3 is 2.73 bits per heavy atom. The zero-order valence-corrected chi connectivity index (χ0v) is 9.77. The molecule has 4 nitrogen and oxygen atoms in total. The number of ether oxygens (including phenoxy) is 1. The number of carbonyl (C=O) groups is 1. The molecule has 0 aromatic carbocycles. The molecule has 0 bridgehead atoms. The fourth-order valence-corrected chi connectivity index (χ4v) is 1.96. The van der Waals surface area contributed by atoms with Gasteiger partial charge in [0, 0.05) is 18.6 Å². The van der Waals surface area contributed by atoms with Crippen LogP contribution in [0.5, 0.6) is 0 Å². The molecule has 1 saturated heterocycles. The number of carboxylic acids is 1. The Labute approximate surface area is 91.2 Å². The van der Waals surface area contributed by atoms with E-state index in [2.05, 4.69) is 25.7 Å². The van der Waals surface area contributed by atoms with Crippen molar-refractivity contribution in [3.05, 3.63) is 0 Å². The van der Waals surface area contributed by atoms with Gasteiger partial charge in [-0.1, -0.05) is 13.8 Å². The van der Waals surface area contributed by atoms with Crippen LogP contribution < -0.4 is 0 Å². The highest BCUT2D eigenvalue weighted by molar-refractivity contribution is 5.67. The van der Waals surface area contributed by atoms with Crippen molar-refractivity contribution in [2.45, 2.75) is 39.3 Å². The standard InChI is InChI=1S/C11H21NO3/c1-8(2)9(3)12-4-5-15-7-10(12)6-11(13)14/h8-10H,4-7H2,1-3H3,(H,13,14). The second-order valence-corrected chi connectivity index (χ2v) is 4.55. The third-order valence-corrected chi connectivity index (χ3v) is 3.17. The highest BCUT2D eigenvalue weighted by Gasteiger charge is 2.29. The normalized spacial score (nSPS) is 25.5. The van der Waals surface area contributed by atoms with E-state index in [1.54, 1.807) is 0 Å². The third kappa shape index (κ3) is 3.47. The predicted octanol–water partition coefficient (Wildman–Crippen LogP) is 1.21. The first-order chi connectivity index (χ1) is 7.02.